The van der Waals surface area contributed by atoms with E-state index in [0.29, 0.717) is 18.7 Å². The largest absolute Gasteiger partial charge is 0.466 e. The molecule has 0 radical (unpaired) electrons. The highest BCUT2D eigenvalue weighted by atomic mass is 32.2. The molecule has 0 aliphatic heterocycles. The number of hydrogen-bond acceptors (Lipinski definition) is 5. The number of esters is 1. The van der Waals surface area contributed by atoms with Gasteiger partial charge in [-0.3, -0.25) is 9.59 Å². The van der Waals surface area contributed by atoms with Crippen LogP contribution in [-0.4, -0.2) is 63.3 Å². The fraction of sp³-hybridized carbons (Fsp3) is 0.500. The summed E-state index contributed by atoms with van der Waals surface area (Å²) in [5, 5.41) is 0. The zero-order chi connectivity index (χ0) is 18.3. The molecular weight excluding hydrogens is 332 g/mol. The summed E-state index contributed by atoms with van der Waals surface area (Å²) in [7, 11) is -0.632. The van der Waals surface area contributed by atoms with Crippen molar-refractivity contribution < 1.29 is 22.7 Å². The molecule has 0 saturated carbocycles. The van der Waals surface area contributed by atoms with E-state index in [2.05, 4.69) is 0 Å². The Bertz CT molecular complexity index is 668. The smallest absolute Gasteiger partial charge is 0.307 e. The summed E-state index contributed by atoms with van der Waals surface area (Å²) >= 11 is 0. The highest BCUT2D eigenvalue weighted by Gasteiger charge is 2.19. The van der Waals surface area contributed by atoms with Crippen molar-refractivity contribution in [2.75, 3.05) is 33.8 Å². The summed E-state index contributed by atoms with van der Waals surface area (Å²) in [6.07, 6.45) is 0.126. The minimum Gasteiger partial charge on any atom is -0.466 e. The summed E-state index contributed by atoms with van der Waals surface area (Å²) in [6, 6.07) is 5.76. The van der Waals surface area contributed by atoms with Gasteiger partial charge in [0.1, 0.15) is 0 Å². The van der Waals surface area contributed by atoms with Gasteiger partial charge in [0.05, 0.1) is 17.9 Å². The molecule has 0 aliphatic rings. The maximum atomic E-state index is 12.5. The van der Waals surface area contributed by atoms with E-state index in [-0.39, 0.29) is 29.7 Å². The van der Waals surface area contributed by atoms with Crippen LogP contribution in [0.5, 0.6) is 0 Å². The molecular formula is C16H24N2O5S. The number of benzene rings is 1. The maximum Gasteiger partial charge on any atom is 0.307 e. The van der Waals surface area contributed by atoms with Crippen molar-refractivity contribution in [3.8, 4) is 0 Å². The van der Waals surface area contributed by atoms with Gasteiger partial charge in [0.25, 0.3) is 5.91 Å². The molecule has 0 bridgehead atoms. The van der Waals surface area contributed by atoms with Crippen molar-refractivity contribution in [3.63, 3.8) is 0 Å². The third-order valence-corrected chi connectivity index (χ3v) is 5.27. The second-order valence-electron chi connectivity index (χ2n) is 5.25. The van der Waals surface area contributed by atoms with Gasteiger partial charge in [-0.15, -0.1) is 0 Å². The Morgan fingerprint density at radius 2 is 1.67 bits per heavy atom. The predicted molar refractivity (Wildman–Crippen MR) is 90.1 cm³/mol. The Labute approximate surface area is 143 Å². The Kier molecular flexibility index (Phi) is 7.37. The Morgan fingerprint density at radius 1 is 1.08 bits per heavy atom. The highest BCUT2D eigenvalue weighted by Crippen LogP contribution is 2.15. The fourth-order valence-corrected chi connectivity index (χ4v) is 2.93. The van der Waals surface area contributed by atoms with Crippen molar-refractivity contribution in [3.05, 3.63) is 29.8 Å². The van der Waals surface area contributed by atoms with Gasteiger partial charge in [0.2, 0.25) is 10.0 Å². The molecule has 0 aliphatic carbocycles. The van der Waals surface area contributed by atoms with Gasteiger partial charge in [-0.2, -0.15) is 0 Å². The number of carbonyl (C=O) groups excluding carboxylic acids is 2. The first kappa shape index (κ1) is 20.1. The van der Waals surface area contributed by atoms with Gasteiger partial charge in [-0.1, -0.05) is 0 Å². The first-order chi connectivity index (χ1) is 11.2. The minimum atomic E-state index is -3.53. The van der Waals surface area contributed by atoms with Crippen LogP contribution >= 0.6 is 0 Å². The lowest BCUT2D eigenvalue weighted by Crippen LogP contribution is -2.33. The van der Waals surface area contributed by atoms with E-state index >= 15 is 0 Å². The lowest BCUT2D eigenvalue weighted by molar-refractivity contribution is -0.143. The van der Waals surface area contributed by atoms with Gasteiger partial charge in [0, 0.05) is 32.7 Å². The lowest BCUT2D eigenvalue weighted by Gasteiger charge is -2.20. The molecule has 0 aromatic heterocycles. The van der Waals surface area contributed by atoms with Gasteiger partial charge in [-0.25, -0.2) is 12.7 Å². The topological polar surface area (TPSA) is 84.0 Å². The Hall–Kier alpha value is -1.93. The Morgan fingerprint density at radius 3 is 2.12 bits per heavy atom. The first-order valence-electron chi connectivity index (χ1n) is 7.71. The van der Waals surface area contributed by atoms with E-state index < -0.39 is 10.0 Å². The minimum absolute atomic E-state index is 0.124. The molecule has 134 valence electrons. The molecule has 0 heterocycles. The number of carbonyl (C=O) groups is 2. The van der Waals surface area contributed by atoms with Crippen LogP contribution in [0, 0.1) is 0 Å². The molecule has 0 spiro atoms. The van der Waals surface area contributed by atoms with Crippen molar-refractivity contribution in [1.29, 1.82) is 0 Å². The summed E-state index contributed by atoms with van der Waals surface area (Å²) in [5.74, 6) is -0.605. The molecule has 1 aromatic carbocycles. The summed E-state index contributed by atoms with van der Waals surface area (Å²) in [5.41, 5.74) is 0.374. The van der Waals surface area contributed by atoms with Gasteiger partial charge < -0.3 is 9.64 Å². The van der Waals surface area contributed by atoms with Crippen LogP contribution in [0.2, 0.25) is 0 Å². The third-order valence-electron chi connectivity index (χ3n) is 3.44. The molecule has 8 heteroatoms. The van der Waals surface area contributed by atoms with Crippen LogP contribution in [-0.2, 0) is 19.6 Å². The number of nitrogens with zero attached hydrogens (tertiary/aromatic N) is 2. The number of sulfonamides is 1. The average molecular weight is 356 g/mol. The third kappa shape index (κ3) is 5.04. The molecule has 24 heavy (non-hydrogen) atoms. The summed E-state index contributed by atoms with van der Waals surface area (Å²) in [6.45, 7) is 4.54. The van der Waals surface area contributed by atoms with Crippen LogP contribution in [0.1, 0.15) is 30.6 Å². The quantitative estimate of drug-likeness (QED) is 0.657. The van der Waals surface area contributed by atoms with Crippen LogP contribution in [0.15, 0.2) is 29.2 Å². The fourth-order valence-electron chi connectivity index (χ4n) is 2.03. The first-order valence-corrected chi connectivity index (χ1v) is 9.15. The van der Waals surface area contributed by atoms with Crippen LogP contribution in [0.25, 0.3) is 0 Å². The predicted octanol–water partition coefficient (Wildman–Crippen LogP) is 1.35. The van der Waals surface area contributed by atoms with E-state index in [1.165, 1.54) is 43.3 Å². The zero-order valence-electron chi connectivity index (χ0n) is 14.5. The van der Waals surface area contributed by atoms with E-state index in [9.17, 15) is 18.0 Å². The number of ether oxygens (including phenoxy) is 1. The molecule has 0 saturated heterocycles. The van der Waals surface area contributed by atoms with E-state index in [4.69, 9.17) is 4.74 Å². The van der Waals surface area contributed by atoms with Gasteiger partial charge in [-0.05, 0) is 38.1 Å². The van der Waals surface area contributed by atoms with Crippen molar-refractivity contribution in [2.24, 2.45) is 0 Å². The molecule has 1 amide bonds. The number of amides is 1. The molecule has 0 fully saturated rings. The zero-order valence-corrected chi connectivity index (χ0v) is 15.3. The summed E-state index contributed by atoms with van der Waals surface area (Å²) < 4.78 is 30.0. The van der Waals surface area contributed by atoms with Crippen LogP contribution in [0.4, 0.5) is 0 Å². The van der Waals surface area contributed by atoms with E-state index in [1.54, 1.807) is 6.92 Å². The number of hydrogen-bond donors (Lipinski definition) is 0. The lowest BCUT2D eigenvalue weighted by atomic mass is 10.2. The van der Waals surface area contributed by atoms with Crippen molar-refractivity contribution in [2.45, 2.75) is 25.2 Å². The highest BCUT2D eigenvalue weighted by molar-refractivity contribution is 7.89. The average Bonchev–Trinajstić information content (AvgIpc) is 2.55. The maximum absolute atomic E-state index is 12.5. The molecule has 1 rings (SSSR count). The van der Waals surface area contributed by atoms with Crippen molar-refractivity contribution >= 4 is 21.9 Å². The SMILES string of the molecule is CCOC(=O)CCN(CC)C(=O)c1ccc(S(=O)(=O)N(C)C)cc1. The standard InChI is InChI=1S/C16H24N2O5S/c1-5-18(12-11-15(19)23-6-2)16(20)13-7-9-14(10-8-13)24(21,22)17(3)4/h7-10H,5-6,11-12H2,1-4H3. The molecule has 0 unspecified atom stereocenters. The van der Waals surface area contributed by atoms with Gasteiger partial charge in [0.15, 0.2) is 0 Å². The Balaban J connectivity index is 2.84. The van der Waals surface area contributed by atoms with Crippen molar-refractivity contribution in [1.82, 2.24) is 9.21 Å². The second-order valence-corrected chi connectivity index (χ2v) is 7.40. The number of rotatable bonds is 8. The molecule has 0 atom stereocenters. The normalized spacial score (nSPS) is 11.4. The molecule has 0 N–H and O–H groups in total. The monoisotopic (exact) mass is 356 g/mol. The van der Waals surface area contributed by atoms with E-state index in [1.807, 2.05) is 6.92 Å². The van der Waals surface area contributed by atoms with Gasteiger partial charge >= 0.3 is 5.97 Å². The van der Waals surface area contributed by atoms with Crippen LogP contribution in [0.3, 0.4) is 0 Å². The molecule has 7 nitrogen and oxygen atoms in total. The molecule has 1 aromatic rings. The van der Waals surface area contributed by atoms with Crippen LogP contribution < -0.4 is 0 Å². The summed E-state index contributed by atoms with van der Waals surface area (Å²) in [4.78, 5) is 25.5. The second kappa shape index (κ2) is 8.79. The van der Waals surface area contributed by atoms with E-state index in [0.717, 1.165) is 4.31 Å².